The van der Waals surface area contributed by atoms with Gasteiger partial charge in [0, 0.05) is 19.0 Å². The summed E-state index contributed by atoms with van der Waals surface area (Å²) in [5, 5.41) is 2.52. The molecule has 1 aromatic heterocycles. The third kappa shape index (κ3) is 3.29. The third-order valence-corrected chi connectivity index (χ3v) is 4.10. The Labute approximate surface area is 148 Å². The number of hydrogen-bond donors (Lipinski definition) is 1. The number of para-hydroxylation sites is 2. The average molecular weight is 361 g/mol. The lowest BCUT2D eigenvalue weighted by molar-refractivity contribution is 0.0948. The summed E-state index contributed by atoms with van der Waals surface area (Å²) in [6.07, 6.45) is 0.421. The van der Waals surface area contributed by atoms with Crippen LogP contribution in [0.1, 0.15) is 36.1 Å². The monoisotopic (exact) mass is 361 g/mol. The number of fused-ring (bicyclic) bond motifs is 1. The standard InChI is InChI=1S/C19H18F3N3O/c1-11(2)25-15-6-4-3-5-14(15)24-16(25)9-10-23-19(26)12-7-8-13(20)18(22)17(12)21/h3-8,11H,9-10H2,1-2H3,(H,23,26). The Morgan fingerprint density at radius 3 is 2.58 bits per heavy atom. The summed E-state index contributed by atoms with van der Waals surface area (Å²) < 4.78 is 42.0. The quantitative estimate of drug-likeness (QED) is 0.698. The van der Waals surface area contributed by atoms with Crippen molar-refractivity contribution in [2.75, 3.05) is 6.54 Å². The number of amides is 1. The van der Waals surface area contributed by atoms with Crippen molar-refractivity contribution >= 4 is 16.9 Å². The molecule has 7 heteroatoms. The summed E-state index contributed by atoms with van der Waals surface area (Å²) in [5.74, 6) is -4.48. The maximum absolute atomic E-state index is 13.7. The molecule has 1 N–H and O–H groups in total. The van der Waals surface area contributed by atoms with E-state index < -0.39 is 28.9 Å². The highest BCUT2D eigenvalue weighted by Crippen LogP contribution is 2.21. The van der Waals surface area contributed by atoms with Gasteiger partial charge in [-0.15, -0.1) is 0 Å². The van der Waals surface area contributed by atoms with Crippen molar-refractivity contribution in [1.82, 2.24) is 14.9 Å². The minimum absolute atomic E-state index is 0.178. The van der Waals surface area contributed by atoms with Gasteiger partial charge in [0.1, 0.15) is 5.82 Å². The molecule has 1 heterocycles. The molecule has 0 saturated carbocycles. The van der Waals surface area contributed by atoms with Crippen LogP contribution in [0.5, 0.6) is 0 Å². The summed E-state index contributed by atoms with van der Waals surface area (Å²) >= 11 is 0. The lowest BCUT2D eigenvalue weighted by Crippen LogP contribution is -2.27. The van der Waals surface area contributed by atoms with Crippen LogP contribution in [-0.2, 0) is 6.42 Å². The van der Waals surface area contributed by atoms with E-state index in [1.165, 1.54) is 0 Å². The Bertz CT molecular complexity index is 966. The Morgan fingerprint density at radius 1 is 1.12 bits per heavy atom. The van der Waals surface area contributed by atoms with Gasteiger partial charge in [-0.2, -0.15) is 0 Å². The van der Waals surface area contributed by atoms with Crippen LogP contribution in [0.25, 0.3) is 11.0 Å². The van der Waals surface area contributed by atoms with E-state index in [0.29, 0.717) is 6.42 Å². The summed E-state index contributed by atoms with van der Waals surface area (Å²) in [7, 11) is 0. The molecule has 1 amide bonds. The Balaban J connectivity index is 1.74. The van der Waals surface area contributed by atoms with E-state index in [2.05, 4.69) is 14.9 Å². The minimum atomic E-state index is -1.65. The molecule has 3 rings (SSSR count). The van der Waals surface area contributed by atoms with Gasteiger partial charge in [-0.1, -0.05) is 12.1 Å². The maximum atomic E-state index is 13.7. The first-order valence-corrected chi connectivity index (χ1v) is 8.27. The number of benzene rings is 2. The number of carbonyl (C=O) groups is 1. The van der Waals surface area contributed by atoms with Gasteiger partial charge in [0.25, 0.3) is 5.91 Å². The molecule has 136 valence electrons. The van der Waals surface area contributed by atoms with E-state index in [0.717, 1.165) is 29.0 Å². The highest BCUT2D eigenvalue weighted by atomic mass is 19.2. The van der Waals surface area contributed by atoms with E-state index >= 15 is 0 Å². The van der Waals surface area contributed by atoms with Crippen LogP contribution in [0.4, 0.5) is 13.2 Å². The SMILES string of the molecule is CC(C)n1c(CCNC(=O)c2ccc(F)c(F)c2F)nc2ccccc21. The van der Waals surface area contributed by atoms with Gasteiger partial charge in [-0.05, 0) is 38.1 Å². The summed E-state index contributed by atoms with van der Waals surface area (Å²) in [4.78, 5) is 16.6. The molecular formula is C19H18F3N3O. The normalized spacial score (nSPS) is 11.3. The summed E-state index contributed by atoms with van der Waals surface area (Å²) in [6.45, 7) is 4.26. The van der Waals surface area contributed by atoms with Crippen LogP contribution in [0, 0.1) is 17.5 Å². The van der Waals surface area contributed by atoms with Crippen molar-refractivity contribution in [3.8, 4) is 0 Å². The van der Waals surface area contributed by atoms with Crippen molar-refractivity contribution in [2.45, 2.75) is 26.3 Å². The minimum Gasteiger partial charge on any atom is -0.351 e. The van der Waals surface area contributed by atoms with Gasteiger partial charge in [0.15, 0.2) is 17.5 Å². The fourth-order valence-electron chi connectivity index (χ4n) is 2.93. The molecule has 2 aromatic carbocycles. The number of nitrogens with zero attached hydrogens (tertiary/aromatic N) is 2. The molecule has 0 aliphatic carbocycles. The number of rotatable bonds is 5. The van der Waals surface area contributed by atoms with Gasteiger partial charge in [-0.3, -0.25) is 4.79 Å². The van der Waals surface area contributed by atoms with Crippen LogP contribution >= 0.6 is 0 Å². The number of nitrogens with one attached hydrogen (secondary N) is 1. The van der Waals surface area contributed by atoms with Crippen molar-refractivity contribution in [3.05, 3.63) is 65.2 Å². The lowest BCUT2D eigenvalue weighted by atomic mass is 10.2. The molecule has 0 atom stereocenters. The van der Waals surface area contributed by atoms with Crippen LogP contribution in [0.2, 0.25) is 0 Å². The zero-order chi connectivity index (χ0) is 18.8. The fourth-order valence-corrected chi connectivity index (χ4v) is 2.93. The molecule has 0 aliphatic rings. The molecule has 0 aliphatic heterocycles. The number of carbonyl (C=O) groups excluding carboxylic acids is 1. The Hall–Kier alpha value is -2.83. The van der Waals surface area contributed by atoms with E-state index in [1.807, 2.05) is 38.1 Å². The van der Waals surface area contributed by atoms with Gasteiger partial charge in [0.05, 0.1) is 16.6 Å². The predicted molar refractivity (Wildman–Crippen MR) is 92.5 cm³/mol. The van der Waals surface area contributed by atoms with Crippen molar-refractivity contribution in [1.29, 1.82) is 0 Å². The average Bonchev–Trinajstić information content (AvgIpc) is 2.98. The summed E-state index contributed by atoms with van der Waals surface area (Å²) in [5.41, 5.74) is 1.32. The van der Waals surface area contributed by atoms with E-state index in [9.17, 15) is 18.0 Å². The van der Waals surface area contributed by atoms with Crippen molar-refractivity contribution < 1.29 is 18.0 Å². The lowest BCUT2D eigenvalue weighted by Gasteiger charge is -2.13. The van der Waals surface area contributed by atoms with E-state index in [-0.39, 0.29) is 12.6 Å². The molecule has 0 spiro atoms. The van der Waals surface area contributed by atoms with Crippen LogP contribution in [-0.4, -0.2) is 22.0 Å². The molecule has 0 unspecified atom stereocenters. The highest BCUT2D eigenvalue weighted by Gasteiger charge is 2.19. The first-order chi connectivity index (χ1) is 12.4. The molecule has 3 aromatic rings. The zero-order valence-corrected chi connectivity index (χ0v) is 14.4. The second-order valence-corrected chi connectivity index (χ2v) is 6.21. The topological polar surface area (TPSA) is 46.9 Å². The third-order valence-electron chi connectivity index (χ3n) is 4.10. The molecule has 0 fully saturated rings. The first kappa shape index (κ1) is 18.0. The Morgan fingerprint density at radius 2 is 1.85 bits per heavy atom. The van der Waals surface area contributed by atoms with Crippen LogP contribution < -0.4 is 5.32 Å². The van der Waals surface area contributed by atoms with Gasteiger partial charge < -0.3 is 9.88 Å². The fraction of sp³-hybridized carbons (Fsp3) is 0.263. The Kier molecular flexibility index (Phi) is 4.97. The molecular weight excluding hydrogens is 343 g/mol. The zero-order valence-electron chi connectivity index (χ0n) is 14.4. The van der Waals surface area contributed by atoms with Gasteiger partial charge in [0.2, 0.25) is 0 Å². The molecule has 4 nitrogen and oxygen atoms in total. The first-order valence-electron chi connectivity index (χ1n) is 8.27. The molecule has 0 saturated heterocycles. The molecule has 0 radical (unpaired) electrons. The van der Waals surface area contributed by atoms with E-state index in [1.54, 1.807) is 0 Å². The second-order valence-electron chi connectivity index (χ2n) is 6.21. The smallest absolute Gasteiger partial charge is 0.254 e. The number of halogens is 3. The van der Waals surface area contributed by atoms with Gasteiger partial charge in [-0.25, -0.2) is 18.2 Å². The molecule has 0 bridgehead atoms. The van der Waals surface area contributed by atoms with Crippen molar-refractivity contribution in [3.63, 3.8) is 0 Å². The number of aromatic nitrogens is 2. The predicted octanol–water partition coefficient (Wildman–Crippen LogP) is 4.01. The second kappa shape index (κ2) is 7.19. The number of hydrogen-bond acceptors (Lipinski definition) is 2. The summed E-state index contributed by atoms with van der Waals surface area (Å²) in [6, 6.07) is 9.54. The van der Waals surface area contributed by atoms with Crippen LogP contribution in [0.15, 0.2) is 36.4 Å². The van der Waals surface area contributed by atoms with Crippen molar-refractivity contribution in [2.24, 2.45) is 0 Å². The largest absolute Gasteiger partial charge is 0.351 e. The van der Waals surface area contributed by atoms with Crippen LogP contribution in [0.3, 0.4) is 0 Å². The van der Waals surface area contributed by atoms with E-state index in [4.69, 9.17) is 0 Å². The number of imidazole rings is 1. The maximum Gasteiger partial charge on any atom is 0.254 e. The van der Waals surface area contributed by atoms with Gasteiger partial charge >= 0.3 is 0 Å². The highest BCUT2D eigenvalue weighted by molar-refractivity contribution is 5.94. The molecule has 26 heavy (non-hydrogen) atoms.